The van der Waals surface area contributed by atoms with Crippen LogP contribution in [-0.2, 0) is 6.54 Å². The fourth-order valence-electron chi connectivity index (χ4n) is 4.88. The summed E-state index contributed by atoms with van der Waals surface area (Å²) >= 11 is 0. The van der Waals surface area contributed by atoms with E-state index in [0.717, 1.165) is 49.3 Å². The van der Waals surface area contributed by atoms with Crippen LogP contribution in [0.3, 0.4) is 0 Å². The first-order valence-corrected chi connectivity index (χ1v) is 11.3. The van der Waals surface area contributed by atoms with Crippen LogP contribution >= 0.6 is 0 Å². The van der Waals surface area contributed by atoms with Crippen LogP contribution in [0.2, 0.25) is 0 Å². The molecule has 0 saturated carbocycles. The van der Waals surface area contributed by atoms with E-state index in [2.05, 4.69) is 34.5 Å². The lowest BCUT2D eigenvalue weighted by molar-refractivity contribution is 0.120. The maximum absolute atomic E-state index is 13.5. The van der Waals surface area contributed by atoms with E-state index >= 15 is 0 Å². The van der Waals surface area contributed by atoms with Gasteiger partial charge in [-0.3, -0.25) is 15.2 Å². The van der Waals surface area contributed by atoms with Crippen molar-refractivity contribution in [1.29, 1.82) is 0 Å². The van der Waals surface area contributed by atoms with Gasteiger partial charge in [0.05, 0.1) is 0 Å². The Hall–Kier alpha value is -3.02. The van der Waals surface area contributed by atoms with Crippen LogP contribution in [0.25, 0.3) is 0 Å². The van der Waals surface area contributed by atoms with Crippen molar-refractivity contribution in [3.63, 3.8) is 0 Å². The third-order valence-electron chi connectivity index (χ3n) is 6.61. The van der Waals surface area contributed by atoms with Gasteiger partial charge in [-0.25, -0.2) is 4.39 Å². The van der Waals surface area contributed by atoms with Crippen molar-refractivity contribution < 1.29 is 9.50 Å². The van der Waals surface area contributed by atoms with Crippen LogP contribution in [0.4, 0.5) is 4.39 Å². The van der Waals surface area contributed by atoms with E-state index < -0.39 is 0 Å². The zero-order chi connectivity index (χ0) is 22.0. The first kappa shape index (κ1) is 20.9. The van der Waals surface area contributed by atoms with Crippen LogP contribution in [0, 0.1) is 5.82 Å². The SMILES string of the molecule is Oc1ccccc1[C@H]1CC(c2ccc(F)cc2)=NC2(CCN(Cc3ccccc3)CC2)N1. The number of benzene rings is 3. The van der Waals surface area contributed by atoms with Crippen molar-refractivity contribution in [2.24, 2.45) is 4.99 Å². The van der Waals surface area contributed by atoms with Gasteiger partial charge in [-0.2, -0.15) is 0 Å². The summed E-state index contributed by atoms with van der Waals surface area (Å²) in [4.78, 5) is 7.67. The van der Waals surface area contributed by atoms with Gasteiger partial charge in [-0.15, -0.1) is 0 Å². The fraction of sp³-hybridized carbons (Fsp3) is 0.296. The normalized spacial score (nSPS) is 20.8. The minimum absolute atomic E-state index is 0.0468. The Bertz CT molecular complexity index is 1090. The predicted molar refractivity (Wildman–Crippen MR) is 125 cm³/mol. The van der Waals surface area contributed by atoms with Gasteiger partial charge in [-0.05, 0) is 42.2 Å². The molecule has 0 radical (unpaired) electrons. The molecule has 2 heterocycles. The minimum Gasteiger partial charge on any atom is -0.508 e. The van der Waals surface area contributed by atoms with Gasteiger partial charge in [0.2, 0.25) is 0 Å². The molecule has 4 nitrogen and oxygen atoms in total. The van der Waals surface area contributed by atoms with Crippen LogP contribution in [-0.4, -0.2) is 34.5 Å². The summed E-state index contributed by atoms with van der Waals surface area (Å²) < 4.78 is 13.5. The van der Waals surface area contributed by atoms with Crippen LogP contribution in [0.15, 0.2) is 83.9 Å². The highest BCUT2D eigenvalue weighted by Gasteiger charge is 2.40. The lowest BCUT2D eigenvalue weighted by Gasteiger charge is -2.45. The van der Waals surface area contributed by atoms with Crippen molar-refractivity contribution in [3.05, 3.63) is 101 Å². The van der Waals surface area contributed by atoms with E-state index in [1.54, 1.807) is 18.2 Å². The summed E-state index contributed by atoms with van der Waals surface area (Å²) in [6.45, 7) is 2.82. The number of nitrogens with zero attached hydrogens (tertiary/aromatic N) is 2. The summed E-state index contributed by atoms with van der Waals surface area (Å²) in [5.41, 5.74) is 3.73. The standard InChI is InChI=1S/C27H28FN3O/c28-22-12-10-21(11-13-22)24-18-25(23-8-4-5-9-26(23)32)30-27(29-24)14-16-31(17-15-27)19-20-6-2-1-3-7-20/h1-13,25,30,32H,14-19H2/t25-/m1/s1. The number of aromatic hydroxyl groups is 1. The molecule has 2 aliphatic rings. The van der Waals surface area contributed by atoms with Gasteiger partial charge in [0.1, 0.15) is 17.2 Å². The number of aliphatic imine (C=N–C) groups is 1. The number of hydrogen-bond donors (Lipinski definition) is 2. The molecule has 32 heavy (non-hydrogen) atoms. The Morgan fingerprint density at radius 1 is 0.938 bits per heavy atom. The molecule has 0 amide bonds. The Labute approximate surface area is 188 Å². The average molecular weight is 430 g/mol. The molecule has 3 aromatic carbocycles. The molecule has 5 rings (SSSR count). The molecule has 1 fully saturated rings. The average Bonchev–Trinajstić information content (AvgIpc) is 2.82. The molecule has 0 bridgehead atoms. The second-order valence-electron chi connectivity index (χ2n) is 8.82. The number of phenolic OH excluding ortho intramolecular Hbond substituents is 1. The summed E-state index contributed by atoms with van der Waals surface area (Å²) in [7, 11) is 0. The van der Waals surface area contributed by atoms with E-state index in [9.17, 15) is 9.50 Å². The molecular weight excluding hydrogens is 401 g/mol. The van der Waals surface area contributed by atoms with E-state index in [4.69, 9.17) is 4.99 Å². The summed E-state index contributed by atoms with van der Waals surface area (Å²) in [5, 5.41) is 14.3. The van der Waals surface area contributed by atoms with Gasteiger partial charge in [-0.1, -0.05) is 60.7 Å². The summed E-state index contributed by atoms with van der Waals surface area (Å²) in [5.74, 6) is 0.0477. The minimum atomic E-state index is -0.387. The van der Waals surface area contributed by atoms with E-state index in [0.29, 0.717) is 12.2 Å². The zero-order valence-corrected chi connectivity index (χ0v) is 18.0. The number of para-hydroxylation sites is 1. The number of nitrogens with one attached hydrogen (secondary N) is 1. The third kappa shape index (κ3) is 4.45. The van der Waals surface area contributed by atoms with Crippen molar-refractivity contribution in [1.82, 2.24) is 10.2 Å². The Morgan fingerprint density at radius 3 is 2.34 bits per heavy atom. The Morgan fingerprint density at radius 2 is 1.62 bits per heavy atom. The maximum Gasteiger partial charge on any atom is 0.123 e. The highest BCUT2D eigenvalue weighted by Crippen LogP contribution is 2.37. The predicted octanol–water partition coefficient (Wildman–Crippen LogP) is 5.05. The number of phenols is 1. The van der Waals surface area contributed by atoms with Gasteiger partial charge in [0, 0.05) is 43.4 Å². The van der Waals surface area contributed by atoms with E-state index in [1.165, 1.54) is 17.7 Å². The first-order valence-electron chi connectivity index (χ1n) is 11.3. The highest BCUT2D eigenvalue weighted by atomic mass is 19.1. The molecule has 0 aliphatic carbocycles. The molecular formula is C27H28FN3O. The van der Waals surface area contributed by atoms with Gasteiger partial charge >= 0.3 is 0 Å². The van der Waals surface area contributed by atoms with Crippen LogP contribution in [0.5, 0.6) is 5.75 Å². The maximum atomic E-state index is 13.5. The quantitative estimate of drug-likeness (QED) is 0.610. The lowest BCUT2D eigenvalue weighted by atomic mass is 9.87. The lowest BCUT2D eigenvalue weighted by Crippen LogP contribution is -2.55. The molecule has 3 aromatic rings. The highest BCUT2D eigenvalue weighted by molar-refractivity contribution is 6.01. The third-order valence-corrected chi connectivity index (χ3v) is 6.61. The number of hydrogen-bond acceptors (Lipinski definition) is 4. The molecule has 1 saturated heterocycles. The number of likely N-dealkylation sites (tertiary alicyclic amines) is 1. The van der Waals surface area contributed by atoms with Gasteiger partial charge in [0.25, 0.3) is 0 Å². The molecule has 1 atom stereocenters. The largest absolute Gasteiger partial charge is 0.508 e. The molecule has 0 aromatic heterocycles. The molecule has 2 N–H and O–H groups in total. The number of piperidine rings is 1. The second kappa shape index (κ2) is 8.85. The molecule has 1 spiro atoms. The van der Waals surface area contributed by atoms with Crippen LogP contribution in [0.1, 0.15) is 42.0 Å². The fourth-order valence-corrected chi connectivity index (χ4v) is 4.88. The van der Waals surface area contributed by atoms with Crippen molar-refractivity contribution in [3.8, 4) is 5.75 Å². The van der Waals surface area contributed by atoms with E-state index in [-0.39, 0.29) is 17.5 Å². The topological polar surface area (TPSA) is 47.9 Å². The first-order chi connectivity index (χ1) is 15.6. The molecule has 0 unspecified atom stereocenters. The number of halogens is 1. The van der Waals surface area contributed by atoms with Crippen LogP contribution < -0.4 is 5.32 Å². The monoisotopic (exact) mass is 429 g/mol. The molecule has 164 valence electrons. The Kier molecular flexibility index (Phi) is 5.77. The summed E-state index contributed by atoms with van der Waals surface area (Å²) in [6, 6.07) is 24.6. The van der Waals surface area contributed by atoms with E-state index in [1.807, 2.05) is 24.3 Å². The Balaban J connectivity index is 1.41. The molecule has 2 aliphatic heterocycles. The van der Waals surface area contributed by atoms with Gasteiger partial charge in [0.15, 0.2) is 0 Å². The molecule has 5 heteroatoms. The zero-order valence-electron chi connectivity index (χ0n) is 18.0. The smallest absolute Gasteiger partial charge is 0.123 e. The number of rotatable bonds is 4. The van der Waals surface area contributed by atoms with Crippen molar-refractivity contribution >= 4 is 5.71 Å². The van der Waals surface area contributed by atoms with Crippen molar-refractivity contribution in [2.75, 3.05) is 13.1 Å². The van der Waals surface area contributed by atoms with Crippen molar-refractivity contribution in [2.45, 2.75) is 37.5 Å². The summed E-state index contributed by atoms with van der Waals surface area (Å²) in [6.07, 6.45) is 2.42. The van der Waals surface area contributed by atoms with Gasteiger partial charge < -0.3 is 5.11 Å². The second-order valence-corrected chi connectivity index (χ2v) is 8.82.